The summed E-state index contributed by atoms with van der Waals surface area (Å²) in [6.45, 7) is 10.9. The fourth-order valence-electron chi connectivity index (χ4n) is 3.47. The molecule has 6 heteroatoms. The summed E-state index contributed by atoms with van der Waals surface area (Å²) in [7, 11) is 1.86. The highest BCUT2D eigenvalue weighted by Gasteiger charge is 2.30. The van der Waals surface area contributed by atoms with E-state index in [-0.39, 0.29) is 18.0 Å². The van der Waals surface area contributed by atoms with Gasteiger partial charge >= 0.3 is 6.03 Å². The van der Waals surface area contributed by atoms with Crippen LogP contribution in [0, 0.1) is 12.8 Å². The zero-order valence-electron chi connectivity index (χ0n) is 15.9. The van der Waals surface area contributed by atoms with E-state index in [4.69, 9.17) is 0 Å². The van der Waals surface area contributed by atoms with Crippen LogP contribution in [-0.4, -0.2) is 54.5 Å². The molecule has 1 saturated heterocycles. The average Bonchev–Trinajstić information content (AvgIpc) is 2.56. The van der Waals surface area contributed by atoms with Crippen LogP contribution >= 0.6 is 0 Å². The number of piperidine rings is 1. The van der Waals surface area contributed by atoms with E-state index in [0.717, 1.165) is 37.3 Å². The van der Waals surface area contributed by atoms with Crippen molar-refractivity contribution in [1.82, 2.24) is 9.80 Å². The first-order valence-electron chi connectivity index (χ1n) is 8.96. The van der Waals surface area contributed by atoms with Crippen molar-refractivity contribution >= 4 is 23.3 Å². The van der Waals surface area contributed by atoms with Gasteiger partial charge in [-0.15, -0.1) is 0 Å². The van der Waals surface area contributed by atoms with Crippen LogP contribution in [0.25, 0.3) is 0 Å². The van der Waals surface area contributed by atoms with Gasteiger partial charge in [0.25, 0.3) is 0 Å². The molecular weight excluding hydrogens is 316 g/mol. The number of benzene rings is 1. The van der Waals surface area contributed by atoms with Crippen LogP contribution in [0.5, 0.6) is 0 Å². The Morgan fingerprint density at radius 3 is 2.64 bits per heavy atom. The third-order valence-electron chi connectivity index (χ3n) is 5.01. The van der Waals surface area contributed by atoms with Crippen LogP contribution < -0.4 is 10.6 Å². The first-order chi connectivity index (χ1) is 11.8. The maximum absolute atomic E-state index is 12.6. The molecule has 2 rings (SSSR count). The number of urea groups is 1. The highest BCUT2D eigenvalue weighted by atomic mass is 16.2. The van der Waals surface area contributed by atoms with Crippen LogP contribution in [0.2, 0.25) is 0 Å². The Bertz CT molecular complexity index is 632. The normalized spacial score (nSPS) is 20.8. The Morgan fingerprint density at radius 1 is 1.32 bits per heavy atom. The summed E-state index contributed by atoms with van der Waals surface area (Å²) in [6.07, 6.45) is 0.990. The first kappa shape index (κ1) is 19.2. The summed E-state index contributed by atoms with van der Waals surface area (Å²) >= 11 is 0. The third-order valence-corrected chi connectivity index (χ3v) is 5.01. The molecule has 2 atom stereocenters. The molecule has 0 aromatic heterocycles. The highest BCUT2D eigenvalue weighted by molar-refractivity contribution is 5.93. The molecule has 1 aromatic carbocycles. The summed E-state index contributed by atoms with van der Waals surface area (Å²) in [4.78, 5) is 28.2. The molecule has 138 valence electrons. The molecule has 25 heavy (non-hydrogen) atoms. The zero-order chi connectivity index (χ0) is 18.6. The zero-order valence-corrected chi connectivity index (χ0v) is 15.9. The highest BCUT2D eigenvalue weighted by Crippen LogP contribution is 2.23. The first-order valence-corrected chi connectivity index (χ1v) is 8.96. The summed E-state index contributed by atoms with van der Waals surface area (Å²) in [5.74, 6) is 0.317. The molecule has 0 spiro atoms. The minimum absolute atomic E-state index is 0.112. The van der Waals surface area contributed by atoms with Gasteiger partial charge in [0.2, 0.25) is 5.91 Å². The number of carbonyl (C=O) groups is 2. The van der Waals surface area contributed by atoms with E-state index in [9.17, 15) is 9.59 Å². The molecule has 1 aromatic rings. The Balaban J connectivity index is 2.02. The predicted molar refractivity (Wildman–Crippen MR) is 102 cm³/mol. The molecule has 0 radical (unpaired) electrons. The fourth-order valence-corrected chi connectivity index (χ4v) is 3.47. The van der Waals surface area contributed by atoms with E-state index in [2.05, 4.69) is 29.4 Å². The molecule has 1 heterocycles. The maximum atomic E-state index is 12.6. The Kier molecular flexibility index (Phi) is 6.42. The van der Waals surface area contributed by atoms with Crippen LogP contribution in [0.1, 0.15) is 32.8 Å². The van der Waals surface area contributed by atoms with Gasteiger partial charge in [0.05, 0.1) is 0 Å². The number of aryl methyl sites for hydroxylation is 1. The van der Waals surface area contributed by atoms with Crippen LogP contribution in [0.3, 0.4) is 0 Å². The monoisotopic (exact) mass is 346 g/mol. The van der Waals surface area contributed by atoms with Crippen LogP contribution in [0.15, 0.2) is 18.2 Å². The van der Waals surface area contributed by atoms with Gasteiger partial charge in [0.15, 0.2) is 0 Å². The lowest BCUT2D eigenvalue weighted by atomic mass is 9.93. The second kappa shape index (κ2) is 8.34. The molecule has 0 saturated carbocycles. The Hall–Kier alpha value is -2.08. The van der Waals surface area contributed by atoms with Crippen molar-refractivity contribution in [2.24, 2.45) is 5.92 Å². The summed E-state index contributed by atoms with van der Waals surface area (Å²) in [5.41, 5.74) is 2.37. The third kappa shape index (κ3) is 4.95. The number of hydrogen-bond donors (Lipinski definition) is 2. The van der Waals surface area contributed by atoms with E-state index in [1.54, 1.807) is 6.07 Å². The predicted octanol–water partition coefficient (Wildman–Crippen LogP) is 3.15. The average molecular weight is 346 g/mol. The van der Waals surface area contributed by atoms with Gasteiger partial charge in [-0.1, -0.05) is 19.9 Å². The second-order valence-electron chi connectivity index (χ2n) is 6.98. The van der Waals surface area contributed by atoms with Crippen LogP contribution in [-0.2, 0) is 4.79 Å². The van der Waals surface area contributed by atoms with Crippen molar-refractivity contribution in [2.45, 2.75) is 40.2 Å². The van der Waals surface area contributed by atoms with Gasteiger partial charge in [-0.05, 0) is 43.5 Å². The molecule has 0 unspecified atom stereocenters. The Morgan fingerprint density at radius 2 is 2.04 bits per heavy atom. The van der Waals surface area contributed by atoms with E-state index < -0.39 is 0 Å². The molecular formula is C19H30N4O2. The summed E-state index contributed by atoms with van der Waals surface area (Å²) in [6, 6.07) is 5.67. The van der Waals surface area contributed by atoms with Gasteiger partial charge < -0.3 is 20.4 Å². The van der Waals surface area contributed by atoms with E-state index in [0.29, 0.717) is 11.6 Å². The van der Waals surface area contributed by atoms with Crippen molar-refractivity contribution < 1.29 is 9.59 Å². The standard InChI is InChI=1S/C19H30N4O2/c1-6-23-10-9-18(14(3)12-23)22(5)19(25)21-16-8-7-13(2)17(11-16)20-15(4)24/h7-8,11,14,18H,6,9-10,12H2,1-5H3,(H,20,24)(H,21,25)/t14-,18-/m1/s1. The number of amides is 3. The molecule has 1 aliphatic heterocycles. The number of nitrogens with zero attached hydrogens (tertiary/aromatic N) is 2. The topological polar surface area (TPSA) is 64.7 Å². The van der Waals surface area contributed by atoms with Crippen LogP contribution in [0.4, 0.5) is 16.2 Å². The van der Waals surface area contributed by atoms with Gasteiger partial charge in [-0.25, -0.2) is 4.79 Å². The van der Waals surface area contributed by atoms with E-state index in [1.807, 2.05) is 31.0 Å². The van der Waals surface area contributed by atoms with Gasteiger partial charge in [-0.3, -0.25) is 4.79 Å². The van der Waals surface area contributed by atoms with Crippen molar-refractivity contribution in [3.63, 3.8) is 0 Å². The SMILES string of the molecule is CCN1CC[C@@H](N(C)C(=O)Nc2ccc(C)c(NC(C)=O)c2)[C@H](C)C1. The molecule has 6 nitrogen and oxygen atoms in total. The molecule has 3 amide bonds. The fraction of sp³-hybridized carbons (Fsp3) is 0.579. The largest absolute Gasteiger partial charge is 0.326 e. The van der Waals surface area contributed by atoms with Crippen molar-refractivity contribution in [2.75, 3.05) is 37.3 Å². The number of nitrogens with one attached hydrogen (secondary N) is 2. The van der Waals surface area contributed by atoms with E-state index >= 15 is 0 Å². The van der Waals surface area contributed by atoms with Crippen molar-refractivity contribution in [3.05, 3.63) is 23.8 Å². The summed E-state index contributed by atoms with van der Waals surface area (Å²) < 4.78 is 0. The smallest absolute Gasteiger partial charge is 0.321 e. The molecule has 2 N–H and O–H groups in total. The van der Waals surface area contributed by atoms with Gasteiger partial charge in [-0.2, -0.15) is 0 Å². The molecule has 1 aliphatic rings. The minimum Gasteiger partial charge on any atom is -0.326 e. The second-order valence-corrected chi connectivity index (χ2v) is 6.98. The maximum Gasteiger partial charge on any atom is 0.321 e. The van der Waals surface area contributed by atoms with Gasteiger partial charge in [0, 0.05) is 44.5 Å². The number of rotatable bonds is 4. The lowest BCUT2D eigenvalue weighted by Crippen LogP contribution is -2.51. The summed E-state index contributed by atoms with van der Waals surface area (Å²) in [5, 5.41) is 5.74. The van der Waals surface area contributed by atoms with E-state index in [1.165, 1.54) is 6.92 Å². The van der Waals surface area contributed by atoms with Crippen molar-refractivity contribution in [1.29, 1.82) is 0 Å². The Labute approximate surface area is 150 Å². The minimum atomic E-state index is -0.125. The molecule has 0 aliphatic carbocycles. The molecule has 1 fully saturated rings. The number of carbonyl (C=O) groups excluding carboxylic acids is 2. The lowest BCUT2D eigenvalue weighted by molar-refractivity contribution is -0.114. The van der Waals surface area contributed by atoms with Crippen molar-refractivity contribution in [3.8, 4) is 0 Å². The lowest BCUT2D eigenvalue weighted by Gasteiger charge is -2.40. The number of likely N-dealkylation sites (tertiary alicyclic amines) is 1. The number of hydrogen-bond acceptors (Lipinski definition) is 3. The number of anilines is 2. The molecule has 0 bridgehead atoms. The van der Waals surface area contributed by atoms with Gasteiger partial charge in [0.1, 0.15) is 0 Å². The quantitative estimate of drug-likeness (QED) is 0.880.